The van der Waals surface area contributed by atoms with E-state index in [2.05, 4.69) is 35.8 Å². The summed E-state index contributed by atoms with van der Waals surface area (Å²) in [5.74, 6) is 0. The van der Waals surface area contributed by atoms with Gasteiger partial charge in [0.25, 0.3) is 0 Å². The van der Waals surface area contributed by atoms with E-state index < -0.39 is 0 Å². The summed E-state index contributed by atoms with van der Waals surface area (Å²) in [6.07, 6.45) is 1.06. The summed E-state index contributed by atoms with van der Waals surface area (Å²) < 4.78 is 0. The lowest BCUT2D eigenvalue weighted by molar-refractivity contribution is 0.552. The van der Waals surface area contributed by atoms with Gasteiger partial charge < -0.3 is 5.32 Å². The Hall–Kier alpha value is -1.15. The minimum absolute atomic E-state index is 0.460. The first-order chi connectivity index (χ1) is 8.28. The van der Waals surface area contributed by atoms with Crippen LogP contribution in [0.1, 0.15) is 21.6 Å². The lowest BCUT2D eigenvalue weighted by atomic mass is 10.2. The van der Waals surface area contributed by atoms with Gasteiger partial charge in [-0.15, -0.1) is 22.7 Å². The summed E-state index contributed by atoms with van der Waals surface area (Å²) in [5.41, 5.74) is 0. The fourth-order valence-electron chi connectivity index (χ4n) is 1.61. The lowest BCUT2D eigenvalue weighted by Gasteiger charge is -2.11. The van der Waals surface area contributed by atoms with Gasteiger partial charge in [-0.2, -0.15) is 5.26 Å². The average Bonchev–Trinajstić information content (AvgIpc) is 2.96. The molecule has 4 heteroatoms. The van der Waals surface area contributed by atoms with Crippen molar-refractivity contribution in [2.24, 2.45) is 0 Å². The molecule has 0 radical (unpaired) electrons. The van der Waals surface area contributed by atoms with E-state index in [0.717, 1.165) is 17.8 Å². The number of nitrogens with one attached hydrogen (secondary N) is 1. The molecule has 1 N–H and O–H groups in total. The predicted molar refractivity (Wildman–Crippen MR) is 73.4 cm³/mol. The summed E-state index contributed by atoms with van der Waals surface area (Å²) in [6, 6.07) is 10.8. The van der Waals surface area contributed by atoms with Gasteiger partial charge in [-0.05, 0) is 36.9 Å². The van der Waals surface area contributed by atoms with Crippen molar-refractivity contribution >= 4 is 22.7 Å². The van der Waals surface area contributed by atoms with Crippen LogP contribution < -0.4 is 5.32 Å². The number of thiophene rings is 2. The normalized spacial score (nSPS) is 12.2. The van der Waals surface area contributed by atoms with E-state index >= 15 is 0 Å². The van der Waals surface area contributed by atoms with Crippen LogP contribution >= 0.6 is 22.7 Å². The second-order valence-corrected chi connectivity index (χ2v) is 6.14. The molecule has 1 atom stereocenters. The second kappa shape index (κ2) is 5.97. The molecule has 2 nitrogen and oxygen atoms in total. The van der Waals surface area contributed by atoms with Gasteiger partial charge in [-0.1, -0.05) is 6.07 Å². The van der Waals surface area contributed by atoms with Crippen molar-refractivity contribution in [2.45, 2.75) is 25.9 Å². The van der Waals surface area contributed by atoms with Crippen LogP contribution in [0.5, 0.6) is 0 Å². The SMILES string of the molecule is CC(Cc1cccs1)NCc1ccc(C#N)s1. The number of rotatable bonds is 5. The molecular formula is C13H14N2S2. The molecule has 0 saturated carbocycles. The zero-order valence-corrected chi connectivity index (χ0v) is 11.3. The van der Waals surface area contributed by atoms with Crippen molar-refractivity contribution in [3.8, 4) is 6.07 Å². The van der Waals surface area contributed by atoms with Gasteiger partial charge in [0.2, 0.25) is 0 Å². The van der Waals surface area contributed by atoms with Crippen LogP contribution in [-0.2, 0) is 13.0 Å². The van der Waals surface area contributed by atoms with Crippen molar-refractivity contribution < 1.29 is 0 Å². The van der Waals surface area contributed by atoms with Crippen molar-refractivity contribution in [3.05, 3.63) is 44.3 Å². The van der Waals surface area contributed by atoms with E-state index in [0.29, 0.717) is 6.04 Å². The molecule has 2 heterocycles. The minimum Gasteiger partial charge on any atom is -0.309 e. The van der Waals surface area contributed by atoms with E-state index in [1.165, 1.54) is 9.75 Å². The summed E-state index contributed by atoms with van der Waals surface area (Å²) in [5, 5.41) is 14.3. The summed E-state index contributed by atoms with van der Waals surface area (Å²) in [6.45, 7) is 3.04. The Bertz CT molecular complexity index is 494. The Morgan fingerprint density at radius 3 is 2.88 bits per heavy atom. The molecule has 1 unspecified atom stereocenters. The quantitative estimate of drug-likeness (QED) is 0.896. The first-order valence-corrected chi connectivity index (χ1v) is 7.22. The Morgan fingerprint density at radius 1 is 1.35 bits per heavy atom. The smallest absolute Gasteiger partial charge is 0.110 e. The molecule has 0 fully saturated rings. The fraction of sp³-hybridized carbons (Fsp3) is 0.308. The number of hydrogen-bond acceptors (Lipinski definition) is 4. The maximum absolute atomic E-state index is 8.74. The molecule has 0 spiro atoms. The summed E-state index contributed by atoms with van der Waals surface area (Å²) in [4.78, 5) is 3.42. The molecule has 2 aromatic rings. The van der Waals surface area contributed by atoms with Crippen LogP contribution in [0, 0.1) is 11.3 Å². The molecule has 2 aromatic heterocycles. The summed E-state index contributed by atoms with van der Waals surface area (Å²) >= 11 is 3.36. The largest absolute Gasteiger partial charge is 0.309 e. The van der Waals surface area contributed by atoms with E-state index in [1.54, 1.807) is 22.7 Å². The first-order valence-electron chi connectivity index (χ1n) is 5.52. The molecule has 2 rings (SSSR count). The van der Waals surface area contributed by atoms with Crippen molar-refractivity contribution in [1.29, 1.82) is 5.26 Å². The van der Waals surface area contributed by atoms with Gasteiger partial charge in [0.1, 0.15) is 10.9 Å². The predicted octanol–water partition coefficient (Wildman–Crippen LogP) is 3.40. The summed E-state index contributed by atoms with van der Waals surface area (Å²) in [7, 11) is 0. The van der Waals surface area contributed by atoms with Gasteiger partial charge in [-0.25, -0.2) is 0 Å². The number of hydrogen-bond donors (Lipinski definition) is 1. The molecule has 0 aromatic carbocycles. The average molecular weight is 262 g/mol. The molecule has 0 bridgehead atoms. The highest BCUT2D eigenvalue weighted by Gasteiger charge is 2.05. The Kier molecular flexibility index (Phi) is 4.32. The van der Waals surface area contributed by atoms with Crippen LogP contribution in [0.25, 0.3) is 0 Å². The van der Waals surface area contributed by atoms with E-state index in [4.69, 9.17) is 5.26 Å². The first kappa shape index (κ1) is 12.3. The van der Waals surface area contributed by atoms with Crippen LogP contribution in [0.2, 0.25) is 0 Å². The van der Waals surface area contributed by atoms with Crippen LogP contribution in [0.4, 0.5) is 0 Å². The maximum Gasteiger partial charge on any atom is 0.110 e. The number of nitrogens with zero attached hydrogens (tertiary/aromatic N) is 1. The van der Waals surface area contributed by atoms with E-state index in [1.807, 2.05) is 12.1 Å². The molecule has 88 valence electrons. The van der Waals surface area contributed by atoms with E-state index in [-0.39, 0.29) is 0 Å². The monoisotopic (exact) mass is 262 g/mol. The van der Waals surface area contributed by atoms with E-state index in [9.17, 15) is 0 Å². The highest BCUT2D eigenvalue weighted by Crippen LogP contribution is 2.16. The standard InChI is InChI=1S/C13H14N2S2/c1-10(7-11-3-2-6-16-11)15-9-13-5-4-12(8-14)17-13/h2-6,10,15H,7,9H2,1H3. The molecule has 0 aliphatic carbocycles. The Labute approximate surface area is 110 Å². The molecule has 0 saturated heterocycles. The van der Waals surface area contributed by atoms with Gasteiger partial charge in [-0.3, -0.25) is 0 Å². The highest BCUT2D eigenvalue weighted by molar-refractivity contribution is 7.12. The van der Waals surface area contributed by atoms with Crippen LogP contribution in [-0.4, -0.2) is 6.04 Å². The van der Waals surface area contributed by atoms with Crippen LogP contribution in [0.15, 0.2) is 29.6 Å². The molecule has 0 amide bonds. The molecule has 0 aliphatic heterocycles. The Balaban J connectivity index is 1.80. The maximum atomic E-state index is 8.74. The van der Waals surface area contributed by atoms with Crippen molar-refractivity contribution in [3.63, 3.8) is 0 Å². The third kappa shape index (κ3) is 3.67. The lowest BCUT2D eigenvalue weighted by Crippen LogP contribution is -2.26. The van der Waals surface area contributed by atoms with Gasteiger partial charge in [0.15, 0.2) is 0 Å². The van der Waals surface area contributed by atoms with Crippen molar-refractivity contribution in [2.75, 3.05) is 0 Å². The van der Waals surface area contributed by atoms with Crippen molar-refractivity contribution in [1.82, 2.24) is 5.32 Å². The fourth-order valence-corrected chi connectivity index (χ4v) is 3.20. The van der Waals surface area contributed by atoms with Crippen LogP contribution in [0.3, 0.4) is 0 Å². The minimum atomic E-state index is 0.460. The zero-order valence-electron chi connectivity index (χ0n) is 9.64. The van der Waals surface area contributed by atoms with Gasteiger partial charge >= 0.3 is 0 Å². The number of nitriles is 1. The molecule has 17 heavy (non-hydrogen) atoms. The highest BCUT2D eigenvalue weighted by atomic mass is 32.1. The third-order valence-corrected chi connectivity index (χ3v) is 4.37. The second-order valence-electron chi connectivity index (χ2n) is 3.94. The molecule has 0 aliphatic rings. The third-order valence-electron chi connectivity index (χ3n) is 2.48. The topological polar surface area (TPSA) is 35.8 Å². The molecular weight excluding hydrogens is 248 g/mol. The zero-order chi connectivity index (χ0) is 12.1. The van der Waals surface area contributed by atoms with Gasteiger partial charge in [0, 0.05) is 22.3 Å². The van der Waals surface area contributed by atoms with Gasteiger partial charge in [0.05, 0.1) is 0 Å². The Morgan fingerprint density at radius 2 is 2.24 bits per heavy atom.